The molecule has 1 amide bonds. The maximum absolute atomic E-state index is 12.8. The van der Waals surface area contributed by atoms with E-state index in [1.165, 1.54) is 25.7 Å². The number of amides is 1. The number of thioether (sulfide) groups is 1. The molecule has 0 aliphatic heterocycles. The molecule has 122 valence electrons. The van der Waals surface area contributed by atoms with Gasteiger partial charge in [-0.05, 0) is 38.0 Å². The maximum atomic E-state index is 12.8. The molecule has 1 aliphatic carbocycles. The first-order chi connectivity index (χ1) is 11.1. The molecule has 0 spiro atoms. The molecule has 0 radical (unpaired) electrons. The first-order valence-electron chi connectivity index (χ1n) is 8.05. The van der Waals surface area contributed by atoms with Crippen molar-refractivity contribution in [3.8, 4) is 0 Å². The molecule has 0 atom stereocenters. The molecule has 2 aromatic heterocycles. The predicted molar refractivity (Wildman–Crippen MR) is 91.6 cm³/mol. The van der Waals surface area contributed by atoms with Crippen molar-refractivity contribution < 1.29 is 9.21 Å². The van der Waals surface area contributed by atoms with Crippen LogP contribution in [-0.2, 0) is 6.54 Å². The summed E-state index contributed by atoms with van der Waals surface area (Å²) in [7, 11) is 1.83. The highest BCUT2D eigenvalue weighted by Gasteiger charge is 2.22. The highest BCUT2D eigenvalue weighted by Crippen LogP contribution is 2.35. The van der Waals surface area contributed by atoms with E-state index >= 15 is 0 Å². The number of rotatable bonds is 5. The van der Waals surface area contributed by atoms with Crippen molar-refractivity contribution in [2.45, 2.75) is 49.4 Å². The zero-order valence-corrected chi connectivity index (χ0v) is 14.4. The second-order valence-electron chi connectivity index (χ2n) is 6.04. The topological polar surface area (TPSA) is 46.3 Å². The van der Waals surface area contributed by atoms with Gasteiger partial charge in [0.1, 0.15) is 10.8 Å². The lowest BCUT2D eigenvalue weighted by Crippen LogP contribution is -2.27. The number of hydrogen-bond acceptors (Lipinski definition) is 4. The Morgan fingerprint density at radius 1 is 1.39 bits per heavy atom. The lowest BCUT2D eigenvalue weighted by Gasteiger charge is -2.19. The molecule has 1 fully saturated rings. The molecular formula is C18H22N2O2S. The Labute approximate surface area is 141 Å². The number of aryl methyl sites for hydroxylation is 1. The van der Waals surface area contributed by atoms with Crippen LogP contribution in [0.3, 0.4) is 0 Å². The highest BCUT2D eigenvalue weighted by molar-refractivity contribution is 7.99. The van der Waals surface area contributed by atoms with Crippen LogP contribution in [0.1, 0.15) is 47.4 Å². The van der Waals surface area contributed by atoms with E-state index in [1.54, 1.807) is 29.1 Å². The van der Waals surface area contributed by atoms with Gasteiger partial charge in [-0.1, -0.05) is 12.8 Å². The molecule has 0 bridgehead atoms. The number of nitrogens with zero attached hydrogens (tertiary/aromatic N) is 2. The van der Waals surface area contributed by atoms with E-state index in [2.05, 4.69) is 4.98 Å². The number of pyridine rings is 1. The fourth-order valence-electron chi connectivity index (χ4n) is 2.92. The van der Waals surface area contributed by atoms with Crippen molar-refractivity contribution in [2.75, 3.05) is 7.05 Å². The largest absolute Gasteiger partial charge is 0.469 e. The summed E-state index contributed by atoms with van der Waals surface area (Å²) in [5.74, 6) is 0.871. The Kier molecular flexibility index (Phi) is 5.06. The van der Waals surface area contributed by atoms with Crippen LogP contribution in [0.5, 0.6) is 0 Å². The van der Waals surface area contributed by atoms with Crippen molar-refractivity contribution in [1.29, 1.82) is 0 Å². The number of furan rings is 1. The summed E-state index contributed by atoms with van der Waals surface area (Å²) in [5, 5.41) is 1.46. The van der Waals surface area contributed by atoms with Crippen molar-refractivity contribution in [3.05, 3.63) is 47.5 Å². The number of hydrogen-bond donors (Lipinski definition) is 0. The van der Waals surface area contributed by atoms with Crippen LogP contribution in [0.2, 0.25) is 0 Å². The fourth-order valence-corrected chi connectivity index (χ4v) is 4.21. The van der Waals surface area contributed by atoms with Gasteiger partial charge >= 0.3 is 0 Å². The summed E-state index contributed by atoms with van der Waals surface area (Å²) < 4.78 is 5.31. The normalized spacial score (nSPS) is 15.0. The molecular weight excluding hydrogens is 308 g/mol. The minimum Gasteiger partial charge on any atom is -0.469 e. The molecule has 4 nitrogen and oxygen atoms in total. The van der Waals surface area contributed by atoms with E-state index < -0.39 is 0 Å². The van der Waals surface area contributed by atoms with Gasteiger partial charge in [0.05, 0.1) is 11.8 Å². The van der Waals surface area contributed by atoms with Gasteiger partial charge in [-0.25, -0.2) is 4.98 Å². The van der Waals surface area contributed by atoms with Crippen LogP contribution in [0.4, 0.5) is 0 Å². The first kappa shape index (κ1) is 16.1. The smallest absolute Gasteiger partial charge is 0.256 e. The van der Waals surface area contributed by atoms with E-state index in [1.807, 2.05) is 32.2 Å². The monoisotopic (exact) mass is 330 g/mol. The molecule has 23 heavy (non-hydrogen) atoms. The van der Waals surface area contributed by atoms with Crippen molar-refractivity contribution in [1.82, 2.24) is 9.88 Å². The Hall–Kier alpha value is -1.75. The third-order valence-electron chi connectivity index (χ3n) is 4.30. The van der Waals surface area contributed by atoms with Crippen molar-refractivity contribution >= 4 is 17.7 Å². The van der Waals surface area contributed by atoms with E-state index in [9.17, 15) is 4.79 Å². The van der Waals surface area contributed by atoms with Crippen LogP contribution in [0.25, 0.3) is 0 Å². The highest BCUT2D eigenvalue weighted by atomic mass is 32.2. The molecule has 0 N–H and O–H groups in total. The zero-order valence-electron chi connectivity index (χ0n) is 13.6. The molecule has 0 unspecified atom stereocenters. The van der Waals surface area contributed by atoms with Gasteiger partial charge in [0.15, 0.2) is 0 Å². The summed E-state index contributed by atoms with van der Waals surface area (Å²) in [6.07, 6.45) is 8.45. The molecule has 1 saturated carbocycles. The van der Waals surface area contributed by atoms with Gasteiger partial charge in [0, 0.05) is 30.6 Å². The lowest BCUT2D eigenvalue weighted by molar-refractivity contribution is 0.0780. The number of carbonyl (C=O) groups excluding carboxylic acids is 1. The summed E-state index contributed by atoms with van der Waals surface area (Å²) in [6.45, 7) is 2.46. The van der Waals surface area contributed by atoms with Gasteiger partial charge < -0.3 is 9.32 Å². The van der Waals surface area contributed by atoms with Gasteiger partial charge in [0.25, 0.3) is 5.91 Å². The molecule has 0 aromatic carbocycles. The van der Waals surface area contributed by atoms with Crippen LogP contribution in [-0.4, -0.2) is 28.1 Å². The maximum Gasteiger partial charge on any atom is 0.256 e. The Morgan fingerprint density at radius 2 is 2.17 bits per heavy atom. The fraction of sp³-hybridized carbons (Fsp3) is 0.444. The SMILES string of the molecule is Cc1occc1CN(C)C(=O)c1cccnc1SC1CCCC1. The second kappa shape index (κ2) is 7.21. The third kappa shape index (κ3) is 3.78. The minimum atomic E-state index is 0.0131. The third-order valence-corrected chi connectivity index (χ3v) is 5.66. The van der Waals surface area contributed by atoms with E-state index in [-0.39, 0.29) is 5.91 Å². The van der Waals surface area contributed by atoms with E-state index in [0.717, 1.165) is 16.3 Å². The van der Waals surface area contributed by atoms with E-state index in [0.29, 0.717) is 17.4 Å². The first-order valence-corrected chi connectivity index (χ1v) is 8.93. The summed E-state index contributed by atoms with van der Waals surface area (Å²) in [4.78, 5) is 19.0. The van der Waals surface area contributed by atoms with Gasteiger partial charge in [0.2, 0.25) is 0 Å². The van der Waals surface area contributed by atoms with Crippen LogP contribution < -0.4 is 0 Å². The molecule has 5 heteroatoms. The Balaban J connectivity index is 1.74. The van der Waals surface area contributed by atoms with Gasteiger partial charge in [-0.2, -0.15) is 0 Å². The van der Waals surface area contributed by atoms with Crippen molar-refractivity contribution in [3.63, 3.8) is 0 Å². The summed E-state index contributed by atoms with van der Waals surface area (Å²) in [6, 6.07) is 5.63. The standard InChI is InChI=1S/C18H22N2O2S/c1-13-14(9-11-22-13)12-20(2)18(21)16-8-5-10-19-17(16)23-15-6-3-4-7-15/h5,8-11,15H,3-4,6-7,12H2,1-2H3. The summed E-state index contributed by atoms with van der Waals surface area (Å²) >= 11 is 1.76. The van der Waals surface area contributed by atoms with Crippen LogP contribution >= 0.6 is 11.8 Å². The average Bonchev–Trinajstić information content (AvgIpc) is 3.20. The van der Waals surface area contributed by atoms with Gasteiger partial charge in [-0.3, -0.25) is 4.79 Å². The van der Waals surface area contributed by atoms with E-state index in [4.69, 9.17) is 4.42 Å². The quantitative estimate of drug-likeness (QED) is 0.820. The van der Waals surface area contributed by atoms with Gasteiger partial charge in [-0.15, -0.1) is 11.8 Å². The molecule has 0 saturated heterocycles. The molecule has 2 aromatic rings. The average molecular weight is 330 g/mol. The molecule has 2 heterocycles. The van der Waals surface area contributed by atoms with Crippen LogP contribution in [0.15, 0.2) is 40.1 Å². The second-order valence-corrected chi connectivity index (χ2v) is 7.33. The lowest BCUT2D eigenvalue weighted by atomic mass is 10.2. The summed E-state index contributed by atoms with van der Waals surface area (Å²) in [5.41, 5.74) is 1.74. The molecule has 1 aliphatic rings. The Morgan fingerprint density at radius 3 is 2.87 bits per heavy atom. The van der Waals surface area contributed by atoms with Crippen molar-refractivity contribution in [2.24, 2.45) is 0 Å². The predicted octanol–water partition coefficient (Wildman–Crippen LogP) is 4.29. The number of carbonyl (C=O) groups is 1. The zero-order chi connectivity index (χ0) is 16.2. The number of aromatic nitrogens is 1. The van der Waals surface area contributed by atoms with Crippen LogP contribution in [0, 0.1) is 6.92 Å². The molecule has 3 rings (SSSR count). The minimum absolute atomic E-state index is 0.0131. The Bertz CT molecular complexity index is 677.